The van der Waals surface area contributed by atoms with Crippen molar-refractivity contribution in [3.63, 3.8) is 0 Å². The lowest BCUT2D eigenvalue weighted by Crippen LogP contribution is -2.53. The molecule has 1 unspecified atom stereocenters. The van der Waals surface area contributed by atoms with Crippen LogP contribution in [0.4, 0.5) is 10.6 Å². The van der Waals surface area contributed by atoms with Crippen LogP contribution in [0.3, 0.4) is 0 Å². The van der Waals surface area contributed by atoms with Gasteiger partial charge in [0.1, 0.15) is 5.82 Å². The van der Waals surface area contributed by atoms with E-state index >= 15 is 0 Å². The van der Waals surface area contributed by atoms with Crippen molar-refractivity contribution < 1.29 is 13.9 Å². The third-order valence-electron chi connectivity index (χ3n) is 6.57. The van der Waals surface area contributed by atoms with Gasteiger partial charge in [-0.15, -0.1) is 0 Å². The van der Waals surface area contributed by atoms with E-state index in [1.807, 2.05) is 36.1 Å². The van der Waals surface area contributed by atoms with E-state index in [1.165, 1.54) is 0 Å². The van der Waals surface area contributed by atoms with Crippen molar-refractivity contribution in [1.82, 2.24) is 20.2 Å². The number of urea groups is 1. The highest BCUT2D eigenvalue weighted by Gasteiger charge is 2.43. The number of piperidine rings is 1. The Morgan fingerprint density at radius 3 is 2.69 bits per heavy atom. The summed E-state index contributed by atoms with van der Waals surface area (Å²) >= 11 is 0. The van der Waals surface area contributed by atoms with Gasteiger partial charge in [-0.3, -0.25) is 5.32 Å². The van der Waals surface area contributed by atoms with Gasteiger partial charge < -0.3 is 19.4 Å². The van der Waals surface area contributed by atoms with Gasteiger partial charge in [-0.2, -0.15) is 0 Å². The number of aryl methyl sites for hydroxylation is 1. The van der Waals surface area contributed by atoms with Crippen LogP contribution in [0.25, 0.3) is 22.1 Å². The number of pyridine rings is 1. The zero-order valence-corrected chi connectivity index (χ0v) is 18.5. The lowest BCUT2D eigenvalue weighted by Gasteiger charge is -2.39. The summed E-state index contributed by atoms with van der Waals surface area (Å²) in [4.78, 5) is 23.8. The summed E-state index contributed by atoms with van der Waals surface area (Å²) in [7, 11) is 1.72. The average Bonchev–Trinajstić information content (AvgIpc) is 3.34. The Balaban J connectivity index is 1.28. The fraction of sp³-hybridized carbons (Fsp3) is 0.458. The number of carbonyl (C=O) groups excluding carboxylic acids is 1. The zero-order valence-electron chi connectivity index (χ0n) is 18.5. The first-order valence-corrected chi connectivity index (χ1v) is 11.2. The van der Waals surface area contributed by atoms with E-state index in [-0.39, 0.29) is 18.1 Å². The highest BCUT2D eigenvalue weighted by molar-refractivity contribution is 5.93. The largest absolute Gasteiger partial charge is 0.441 e. The van der Waals surface area contributed by atoms with E-state index in [1.54, 1.807) is 19.5 Å². The van der Waals surface area contributed by atoms with Gasteiger partial charge in [-0.25, -0.2) is 14.8 Å². The number of hydrogen-bond acceptors (Lipinski definition) is 6. The van der Waals surface area contributed by atoms with Crippen molar-refractivity contribution >= 4 is 22.6 Å². The molecule has 2 saturated heterocycles. The molecule has 3 atom stereocenters. The van der Waals surface area contributed by atoms with E-state index in [9.17, 15) is 4.79 Å². The lowest BCUT2D eigenvalue weighted by molar-refractivity contribution is 0.135. The maximum absolute atomic E-state index is 13.1. The number of aromatic nitrogens is 2. The number of rotatable bonds is 6. The summed E-state index contributed by atoms with van der Waals surface area (Å²) in [5.74, 6) is 1.92. The van der Waals surface area contributed by atoms with Crippen molar-refractivity contribution in [2.45, 2.75) is 50.7 Å². The fourth-order valence-corrected chi connectivity index (χ4v) is 5.07. The monoisotopic (exact) mass is 435 g/mol. The standard InChI is InChI=1S/C24H29N5O3/c1-15-26-14-22(32-15)16-3-4-17-13-27-23(10-18(17)9-16)28-24(30)29-20-5-6-21(29)12-19(11-20)25-7-8-31-2/h3-4,9-10,13-14,19-21,25H,5-8,11-12H2,1-2H3,(H,27,28,30)/t19?,20-,21+. The topological polar surface area (TPSA) is 92.5 Å². The smallest absolute Gasteiger partial charge is 0.323 e. The zero-order chi connectivity index (χ0) is 22.1. The minimum absolute atomic E-state index is 0.0540. The van der Waals surface area contributed by atoms with E-state index in [0.29, 0.717) is 24.4 Å². The Bertz CT molecular complexity index is 1100. The highest BCUT2D eigenvalue weighted by atomic mass is 16.5. The highest BCUT2D eigenvalue weighted by Crippen LogP contribution is 2.36. The number of hydrogen-bond donors (Lipinski definition) is 2. The molecule has 2 aliphatic heterocycles. The van der Waals surface area contributed by atoms with E-state index in [0.717, 1.165) is 54.3 Å². The Labute approximate surface area is 187 Å². The summed E-state index contributed by atoms with van der Waals surface area (Å²) < 4.78 is 10.8. The van der Waals surface area contributed by atoms with Gasteiger partial charge >= 0.3 is 6.03 Å². The summed E-state index contributed by atoms with van der Waals surface area (Å²) in [5, 5.41) is 8.60. The van der Waals surface area contributed by atoms with E-state index in [2.05, 4.69) is 20.6 Å². The quantitative estimate of drug-likeness (QED) is 0.570. The van der Waals surface area contributed by atoms with Crippen LogP contribution in [-0.2, 0) is 4.74 Å². The SMILES string of the molecule is COCCNC1C[C@H]2CC[C@@H](C1)N2C(=O)Nc1cc2cc(-c3cnc(C)o3)ccc2cn1. The van der Waals surface area contributed by atoms with Crippen molar-refractivity contribution in [3.05, 3.63) is 42.5 Å². The van der Waals surface area contributed by atoms with Gasteiger partial charge in [0.25, 0.3) is 0 Å². The van der Waals surface area contributed by atoms with E-state index in [4.69, 9.17) is 9.15 Å². The van der Waals surface area contributed by atoms with Crippen LogP contribution in [0.5, 0.6) is 0 Å². The van der Waals surface area contributed by atoms with Crippen molar-refractivity contribution in [1.29, 1.82) is 0 Å². The van der Waals surface area contributed by atoms with Crippen molar-refractivity contribution in [2.75, 3.05) is 25.6 Å². The maximum atomic E-state index is 13.1. The van der Waals surface area contributed by atoms with Gasteiger partial charge in [0, 0.05) is 55.9 Å². The molecule has 3 aromatic rings. The normalized spacial score (nSPS) is 22.4. The molecule has 5 rings (SSSR count). The summed E-state index contributed by atoms with van der Waals surface area (Å²) in [5.41, 5.74) is 0.947. The van der Waals surface area contributed by atoms with Gasteiger partial charge in [0.05, 0.1) is 12.8 Å². The molecule has 8 heteroatoms. The molecule has 0 saturated carbocycles. The molecule has 168 valence electrons. The van der Waals surface area contributed by atoms with Crippen LogP contribution in [0.2, 0.25) is 0 Å². The number of benzene rings is 1. The van der Waals surface area contributed by atoms with Crippen molar-refractivity contribution in [3.8, 4) is 11.3 Å². The lowest BCUT2D eigenvalue weighted by atomic mass is 9.97. The number of nitrogens with one attached hydrogen (secondary N) is 2. The Morgan fingerprint density at radius 2 is 1.97 bits per heavy atom. The first-order chi connectivity index (χ1) is 15.6. The average molecular weight is 436 g/mol. The molecule has 32 heavy (non-hydrogen) atoms. The second kappa shape index (κ2) is 8.88. The van der Waals surface area contributed by atoms with Gasteiger partial charge in [0.2, 0.25) is 0 Å². The van der Waals surface area contributed by atoms with Crippen LogP contribution in [-0.4, -0.2) is 59.3 Å². The van der Waals surface area contributed by atoms with Crippen LogP contribution in [0.1, 0.15) is 31.6 Å². The molecule has 2 amide bonds. The maximum Gasteiger partial charge on any atom is 0.323 e. The van der Waals surface area contributed by atoms with Gasteiger partial charge in [0.15, 0.2) is 11.7 Å². The third-order valence-corrected chi connectivity index (χ3v) is 6.57. The fourth-order valence-electron chi connectivity index (χ4n) is 5.07. The molecular formula is C24H29N5O3. The third kappa shape index (κ3) is 4.20. The van der Waals surface area contributed by atoms with Crippen LogP contribution in [0, 0.1) is 6.92 Å². The Hall–Kier alpha value is -2.97. The molecule has 4 heterocycles. The molecular weight excluding hydrogens is 406 g/mol. The summed E-state index contributed by atoms with van der Waals surface area (Å²) in [6, 6.07) is 8.89. The Kier molecular flexibility index (Phi) is 5.80. The number of carbonyl (C=O) groups is 1. The first-order valence-electron chi connectivity index (χ1n) is 11.2. The number of ether oxygens (including phenoxy) is 1. The second-order valence-corrected chi connectivity index (χ2v) is 8.71. The predicted octanol–water partition coefficient (Wildman–Crippen LogP) is 3.96. The molecule has 2 aliphatic rings. The van der Waals surface area contributed by atoms with Crippen LogP contribution >= 0.6 is 0 Å². The molecule has 2 bridgehead atoms. The number of fused-ring (bicyclic) bond motifs is 3. The Morgan fingerprint density at radius 1 is 1.16 bits per heavy atom. The van der Waals surface area contributed by atoms with E-state index < -0.39 is 0 Å². The molecule has 2 N–H and O–H groups in total. The minimum Gasteiger partial charge on any atom is -0.441 e. The minimum atomic E-state index is -0.0540. The molecule has 8 nitrogen and oxygen atoms in total. The number of oxazole rings is 1. The van der Waals surface area contributed by atoms with Crippen LogP contribution < -0.4 is 10.6 Å². The van der Waals surface area contributed by atoms with Crippen molar-refractivity contribution in [2.24, 2.45) is 0 Å². The molecule has 0 radical (unpaired) electrons. The molecule has 2 fully saturated rings. The summed E-state index contributed by atoms with van der Waals surface area (Å²) in [6.07, 6.45) is 7.61. The van der Waals surface area contributed by atoms with Gasteiger partial charge in [-0.05, 0) is 43.2 Å². The number of methoxy groups -OCH3 is 1. The molecule has 2 aromatic heterocycles. The summed E-state index contributed by atoms with van der Waals surface area (Å²) in [6.45, 7) is 3.39. The molecule has 0 aliphatic carbocycles. The predicted molar refractivity (Wildman–Crippen MR) is 123 cm³/mol. The number of nitrogens with zero attached hydrogens (tertiary/aromatic N) is 3. The molecule has 1 aromatic carbocycles. The number of amides is 2. The van der Waals surface area contributed by atoms with Crippen LogP contribution in [0.15, 0.2) is 41.1 Å². The molecule has 0 spiro atoms. The first kappa shape index (κ1) is 20.9. The second-order valence-electron chi connectivity index (χ2n) is 8.71. The van der Waals surface area contributed by atoms with Gasteiger partial charge in [-0.1, -0.05) is 12.1 Å². The number of anilines is 1.